The van der Waals surface area contributed by atoms with Crippen molar-refractivity contribution in [1.29, 1.82) is 5.26 Å². The Labute approximate surface area is 248 Å². The quantitative estimate of drug-likeness (QED) is 0.297. The van der Waals surface area contributed by atoms with E-state index in [4.69, 9.17) is 0 Å². The fourth-order valence-electron chi connectivity index (χ4n) is 6.13. The van der Waals surface area contributed by atoms with E-state index in [1.165, 1.54) is 40.1 Å². The van der Waals surface area contributed by atoms with Crippen molar-refractivity contribution in [3.05, 3.63) is 106 Å². The van der Waals surface area contributed by atoms with Crippen molar-refractivity contribution in [2.75, 3.05) is 26.2 Å². The topological polar surface area (TPSA) is 42.3 Å². The van der Waals surface area contributed by atoms with Gasteiger partial charge in [0.05, 0.1) is 6.07 Å². The summed E-state index contributed by atoms with van der Waals surface area (Å²) in [6, 6.07) is 6.96. The third kappa shape index (κ3) is 7.33. The number of rotatable bonds is 10. The number of hydrogen-bond donors (Lipinski definition) is 1. The summed E-state index contributed by atoms with van der Waals surface area (Å²) in [6.07, 6.45) is 17.5. The molecular weight excluding hydrogens is 500 g/mol. The molecule has 2 fully saturated rings. The molecule has 41 heavy (non-hydrogen) atoms. The first-order valence-electron chi connectivity index (χ1n) is 15.3. The van der Waals surface area contributed by atoms with Crippen LogP contribution in [0.15, 0.2) is 83.8 Å². The van der Waals surface area contributed by atoms with Gasteiger partial charge in [-0.1, -0.05) is 43.9 Å². The first-order valence-corrected chi connectivity index (χ1v) is 15.3. The minimum atomic E-state index is 0.621. The van der Waals surface area contributed by atoms with Crippen LogP contribution in [-0.2, 0) is 0 Å². The molecule has 2 heterocycles. The van der Waals surface area contributed by atoms with Gasteiger partial charge in [-0.25, -0.2) is 0 Å². The highest BCUT2D eigenvalue weighted by atomic mass is 15.2. The fraction of sp³-hybridized carbons (Fsp3) is 0.432. The Morgan fingerprint density at radius 1 is 0.976 bits per heavy atom. The van der Waals surface area contributed by atoms with Crippen LogP contribution >= 0.6 is 0 Å². The van der Waals surface area contributed by atoms with Crippen molar-refractivity contribution in [1.82, 2.24) is 15.1 Å². The van der Waals surface area contributed by atoms with Gasteiger partial charge in [-0.15, -0.1) is 0 Å². The summed E-state index contributed by atoms with van der Waals surface area (Å²) in [7, 11) is 0. The lowest BCUT2D eigenvalue weighted by atomic mass is 9.83. The Hall–Kier alpha value is -3.71. The molecule has 1 aromatic carbocycles. The van der Waals surface area contributed by atoms with Crippen molar-refractivity contribution < 1.29 is 0 Å². The third-order valence-electron chi connectivity index (χ3n) is 8.85. The highest BCUT2D eigenvalue weighted by molar-refractivity contribution is 5.75. The van der Waals surface area contributed by atoms with Gasteiger partial charge in [-0.05, 0) is 113 Å². The normalized spacial score (nSPS) is 18.8. The lowest BCUT2D eigenvalue weighted by molar-refractivity contribution is 0.239. The first-order chi connectivity index (χ1) is 19.7. The molecule has 4 rings (SSSR count). The van der Waals surface area contributed by atoms with Gasteiger partial charge in [0.1, 0.15) is 0 Å². The predicted octanol–water partition coefficient (Wildman–Crippen LogP) is 8.57. The average molecular weight is 549 g/mol. The molecule has 0 atom stereocenters. The second-order valence-corrected chi connectivity index (χ2v) is 11.9. The Kier molecular flexibility index (Phi) is 10.2. The monoisotopic (exact) mass is 548 g/mol. The molecule has 0 unspecified atom stereocenters. The molecule has 0 radical (unpaired) electrons. The molecule has 0 saturated carbocycles. The van der Waals surface area contributed by atoms with Gasteiger partial charge < -0.3 is 15.1 Å². The van der Waals surface area contributed by atoms with Crippen LogP contribution in [0.3, 0.4) is 0 Å². The van der Waals surface area contributed by atoms with Gasteiger partial charge in [-0.2, -0.15) is 5.26 Å². The molecule has 0 spiro atoms. The van der Waals surface area contributed by atoms with Crippen molar-refractivity contribution >= 4 is 11.4 Å². The molecule has 0 aromatic heterocycles. The number of benzene rings is 1. The molecule has 2 saturated heterocycles. The van der Waals surface area contributed by atoms with Crippen LogP contribution in [0.5, 0.6) is 0 Å². The van der Waals surface area contributed by atoms with Gasteiger partial charge in [0.2, 0.25) is 0 Å². The van der Waals surface area contributed by atoms with Crippen LogP contribution in [-0.4, -0.2) is 36.0 Å². The Morgan fingerprint density at radius 2 is 1.68 bits per heavy atom. The van der Waals surface area contributed by atoms with Crippen molar-refractivity contribution in [2.45, 2.75) is 73.1 Å². The van der Waals surface area contributed by atoms with Gasteiger partial charge in [0.25, 0.3) is 0 Å². The van der Waals surface area contributed by atoms with E-state index in [9.17, 15) is 5.26 Å². The number of aryl methyl sites for hydroxylation is 2. The maximum absolute atomic E-state index is 9.19. The fourth-order valence-corrected chi connectivity index (χ4v) is 6.13. The minimum Gasteiger partial charge on any atom is -0.375 e. The SMILES string of the molecule is C=C(C)/C(=C\C=C(/C)N1CCC1)NC(=C)c1cc(/C(=C\CC)N2CCC(C3=CC=C(C#N)CC3)CC2)c(C)cc1C. The number of likely N-dealkylation sites (tertiary alicyclic amines) is 2. The number of allylic oxidation sites excluding steroid dienone is 9. The largest absolute Gasteiger partial charge is 0.375 e. The molecule has 2 aliphatic heterocycles. The van der Waals surface area contributed by atoms with Crippen LogP contribution in [0.1, 0.15) is 81.5 Å². The first kappa shape index (κ1) is 30.3. The molecular formula is C37H48N4. The van der Waals surface area contributed by atoms with Crippen molar-refractivity contribution in [3.63, 3.8) is 0 Å². The molecule has 0 amide bonds. The maximum Gasteiger partial charge on any atom is 0.0947 e. The molecule has 1 aromatic rings. The van der Waals surface area contributed by atoms with Crippen LogP contribution in [0.25, 0.3) is 11.4 Å². The molecule has 0 bridgehead atoms. The number of hydrogen-bond acceptors (Lipinski definition) is 4. The highest BCUT2D eigenvalue weighted by Crippen LogP contribution is 2.36. The van der Waals surface area contributed by atoms with Crippen molar-refractivity contribution in [2.24, 2.45) is 5.92 Å². The van der Waals surface area contributed by atoms with Crippen LogP contribution in [0, 0.1) is 31.1 Å². The number of nitrogens with zero attached hydrogens (tertiary/aromatic N) is 3. The Bertz CT molecular complexity index is 1360. The average Bonchev–Trinajstić information content (AvgIpc) is 2.93. The van der Waals surface area contributed by atoms with E-state index in [0.717, 1.165) is 86.4 Å². The standard InChI is InChI=1S/C37H48N4/c1-8-10-37(41-21-17-33(18-22-41)32-14-12-31(25-38)13-15-32)35-24-34(27(4)23-28(35)5)30(7)39-36(26(2)3)16-11-29(6)40-19-9-20-40/h10-12,14,16,23-24,33,39H,2,7-9,13,15,17-22H2,1,3-6H3/b29-11+,36-16+,37-10+. The maximum atomic E-state index is 9.19. The lowest BCUT2D eigenvalue weighted by Gasteiger charge is -2.37. The lowest BCUT2D eigenvalue weighted by Crippen LogP contribution is -2.35. The summed E-state index contributed by atoms with van der Waals surface area (Å²) in [5.41, 5.74) is 12.9. The van der Waals surface area contributed by atoms with E-state index < -0.39 is 0 Å². The summed E-state index contributed by atoms with van der Waals surface area (Å²) in [5.74, 6) is 0.621. The summed E-state index contributed by atoms with van der Waals surface area (Å²) < 4.78 is 0. The summed E-state index contributed by atoms with van der Waals surface area (Å²) in [4.78, 5) is 4.98. The Morgan fingerprint density at radius 3 is 2.24 bits per heavy atom. The smallest absolute Gasteiger partial charge is 0.0947 e. The van der Waals surface area contributed by atoms with E-state index in [0.29, 0.717) is 5.92 Å². The van der Waals surface area contributed by atoms with Gasteiger partial charge in [-0.3, -0.25) is 0 Å². The molecule has 4 nitrogen and oxygen atoms in total. The van der Waals surface area contributed by atoms with Crippen LogP contribution in [0.4, 0.5) is 0 Å². The predicted molar refractivity (Wildman–Crippen MR) is 175 cm³/mol. The number of nitriles is 1. The molecule has 4 heteroatoms. The zero-order valence-electron chi connectivity index (χ0n) is 25.9. The number of piperidine rings is 1. The summed E-state index contributed by atoms with van der Waals surface area (Å²) in [6.45, 7) is 23.9. The van der Waals surface area contributed by atoms with E-state index in [-0.39, 0.29) is 0 Å². The van der Waals surface area contributed by atoms with Gasteiger partial charge in [0, 0.05) is 65.7 Å². The van der Waals surface area contributed by atoms with E-state index in [1.54, 1.807) is 0 Å². The molecule has 1 N–H and O–H groups in total. The zero-order chi connectivity index (χ0) is 29.5. The van der Waals surface area contributed by atoms with E-state index in [1.807, 2.05) is 13.0 Å². The van der Waals surface area contributed by atoms with Gasteiger partial charge >= 0.3 is 0 Å². The highest BCUT2D eigenvalue weighted by Gasteiger charge is 2.25. The van der Waals surface area contributed by atoms with Crippen LogP contribution in [0.2, 0.25) is 0 Å². The second-order valence-electron chi connectivity index (χ2n) is 11.9. The third-order valence-corrected chi connectivity index (χ3v) is 8.85. The Balaban J connectivity index is 1.53. The molecule has 3 aliphatic rings. The van der Waals surface area contributed by atoms with E-state index >= 15 is 0 Å². The summed E-state index contributed by atoms with van der Waals surface area (Å²) in [5, 5.41) is 12.8. The minimum absolute atomic E-state index is 0.621. The number of nitrogens with one attached hydrogen (secondary N) is 1. The van der Waals surface area contributed by atoms with Crippen molar-refractivity contribution in [3.8, 4) is 6.07 Å². The van der Waals surface area contributed by atoms with E-state index in [2.05, 4.69) is 98.5 Å². The molecule has 1 aliphatic carbocycles. The summed E-state index contributed by atoms with van der Waals surface area (Å²) >= 11 is 0. The zero-order valence-corrected chi connectivity index (χ0v) is 25.9. The van der Waals surface area contributed by atoms with Gasteiger partial charge in [0.15, 0.2) is 0 Å². The second kappa shape index (κ2) is 13.8. The van der Waals surface area contributed by atoms with Crippen LogP contribution < -0.4 is 5.32 Å². The molecule has 216 valence electrons.